The van der Waals surface area contributed by atoms with E-state index in [4.69, 9.17) is 4.74 Å². The van der Waals surface area contributed by atoms with Crippen LogP contribution in [-0.4, -0.2) is 24.7 Å². The molecule has 0 bridgehead atoms. The lowest BCUT2D eigenvalue weighted by molar-refractivity contribution is 0.214. The van der Waals surface area contributed by atoms with Crippen molar-refractivity contribution in [3.8, 4) is 5.75 Å². The fraction of sp³-hybridized carbons (Fsp3) is 0.545. The number of hydrogen-bond acceptors (Lipinski definition) is 3. The van der Waals surface area contributed by atoms with Crippen LogP contribution in [0.3, 0.4) is 0 Å². The molecule has 1 aromatic rings. The SMILES string of the molecule is Cl.c1cncc(OCC2CCNCC2)c1. The summed E-state index contributed by atoms with van der Waals surface area (Å²) >= 11 is 0. The largest absolute Gasteiger partial charge is 0.492 e. The second-order valence-electron chi connectivity index (χ2n) is 3.69. The molecule has 0 spiro atoms. The Morgan fingerprint density at radius 2 is 2.20 bits per heavy atom. The Morgan fingerprint density at radius 3 is 2.87 bits per heavy atom. The Kier molecular flexibility index (Phi) is 5.43. The molecular weight excluding hydrogens is 212 g/mol. The maximum Gasteiger partial charge on any atom is 0.137 e. The first kappa shape index (κ1) is 12.3. The first-order valence-corrected chi connectivity index (χ1v) is 5.19. The third kappa shape index (κ3) is 4.06. The Morgan fingerprint density at radius 1 is 1.40 bits per heavy atom. The number of pyridine rings is 1. The Bertz CT molecular complexity index is 263. The molecule has 0 aliphatic carbocycles. The molecule has 2 heterocycles. The molecule has 0 amide bonds. The fourth-order valence-electron chi connectivity index (χ4n) is 1.69. The van der Waals surface area contributed by atoms with Crippen LogP contribution in [0.25, 0.3) is 0 Å². The van der Waals surface area contributed by atoms with Gasteiger partial charge in [0.2, 0.25) is 0 Å². The second kappa shape index (κ2) is 6.64. The Labute approximate surface area is 96.7 Å². The highest BCUT2D eigenvalue weighted by atomic mass is 35.5. The van der Waals surface area contributed by atoms with E-state index in [9.17, 15) is 0 Å². The van der Waals surface area contributed by atoms with Crippen molar-refractivity contribution in [2.45, 2.75) is 12.8 Å². The van der Waals surface area contributed by atoms with Crippen molar-refractivity contribution in [3.63, 3.8) is 0 Å². The predicted octanol–water partition coefficient (Wildman–Crippen LogP) is 1.88. The molecule has 1 aromatic heterocycles. The molecule has 2 rings (SSSR count). The van der Waals surface area contributed by atoms with Gasteiger partial charge < -0.3 is 10.1 Å². The van der Waals surface area contributed by atoms with Gasteiger partial charge in [0.05, 0.1) is 12.8 Å². The standard InChI is InChI=1S/C11H16N2O.ClH/c1-2-11(8-13-5-1)14-9-10-3-6-12-7-4-10;/h1-2,5,8,10,12H,3-4,6-7,9H2;1H. The summed E-state index contributed by atoms with van der Waals surface area (Å²) in [6.07, 6.45) is 5.97. The molecule has 0 aromatic carbocycles. The molecule has 0 atom stereocenters. The van der Waals surface area contributed by atoms with Crippen LogP contribution in [0, 0.1) is 5.92 Å². The van der Waals surface area contributed by atoms with Gasteiger partial charge >= 0.3 is 0 Å². The minimum absolute atomic E-state index is 0. The van der Waals surface area contributed by atoms with Crippen LogP contribution in [0.15, 0.2) is 24.5 Å². The number of aromatic nitrogens is 1. The normalized spacial score (nSPS) is 16.8. The van der Waals surface area contributed by atoms with E-state index in [0.29, 0.717) is 5.92 Å². The number of ether oxygens (including phenoxy) is 1. The first-order chi connectivity index (χ1) is 6.95. The Hall–Kier alpha value is -0.800. The van der Waals surface area contributed by atoms with Gasteiger partial charge in [-0.2, -0.15) is 0 Å². The number of nitrogens with zero attached hydrogens (tertiary/aromatic N) is 1. The molecule has 84 valence electrons. The minimum Gasteiger partial charge on any atom is -0.492 e. The molecule has 0 unspecified atom stereocenters. The zero-order valence-corrected chi connectivity index (χ0v) is 9.50. The highest BCUT2D eigenvalue weighted by Gasteiger charge is 2.13. The van der Waals surface area contributed by atoms with Crippen LogP contribution in [0.5, 0.6) is 5.75 Å². The maximum atomic E-state index is 5.66. The average Bonchev–Trinajstić information content (AvgIpc) is 2.29. The highest BCUT2D eigenvalue weighted by molar-refractivity contribution is 5.85. The minimum atomic E-state index is 0. The van der Waals surface area contributed by atoms with Crippen LogP contribution in [0.4, 0.5) is 0 Å². The lowest BCUT2D eigenvalue weighted by Crippen LogP contribution is -2.30. The van der Waals surface area contributed by atoms with Gasteiger partial charge in [-0.05, 0) is 44.0 Å². The van der Waals surface area contributed by atoms with Crippen molar-refractivity contribution in [2.24, 2.45) is 5.92 Å². The molecule has 3 nitrogen and oxygen atoms in total. The van der Waals surface area contributed by atoms with E-state index in [-0.39, 0.29) is 12.4 Å². The van der Waals surface area contributed by atoms with E-state index in [1.807, 2.05) is 12.1 Å². The van der Waals surface area contributed by atoms with Crippen LogP contribution in [0.2, 0.25) is 0 Å². The monoisotopic (exact) mass is 228 g/mol. The van der Waals surface area contributed by atoms with E-state index < -0.39 is 0 Å². The number of halogens is 1. The van der Waals surface area contributed by atoms with Gasteiger partial charge in [-0.3, -0.25) is 4.98 Å². The summed E-state index contributed by atoms with van der Waals surface area (Å²) in [6.45, 7) is 3.08. The number of hydrogen-bond donors (Lipinski definition) is 1. The summed E-state index contributed by atoms with van der Waals surface area (Å²) in [6, 6.07) is 3.85. The average molecular weight is 229 g/mol. The predicted molar refractivity (Wildman–Crippen MR) is 62.6 cm³/mol. The lowest BCUT2D eigenvalue weighted by atomic mass is 9.99. The van der Waals surface area contributed by atoms with E-state index in [1.165, 1.54) is 12.8 Å². The summed E-state index contributed by atoms with van der Waals surface area (Å²) in [5.74, 6) is 1.59. The molecule has 15 heavy (non-hydrogen) atoms. The van der Waals surface area contributed by atoms with Gasteiger partial charge in [0.1, 0.15) is 5.75 Å². The van der Waals surface area contributed by atoms with Gasteiger partial charge in [-0.25, -0.2) is 0 Å². The first-order valence-electron chi connectivity index (χ1n) is 5.19. The molecule has 1 N–H and O–H groups in total. The van der Waals surface area contributed by atoms with Crippen molar-refractivity contribution in [3.05, 3.63) is 24.5 Å². The molecule has 1 fully saturated rings. The van der Waals surface area contributed by atoms with Crippen molar-refractivity contribution in [1.82, 2.24) is 10.3 Å². The van der Waals surface area contributed by atoms with Crippen molar-refractivity contribution in [2.75, 3.05) is 19.7 Å². The molecule has 0 saturated carbocycles. The lowest BCUT2D eigenvalue weighted by Gasteiger charge is -2.22. The number of piperidine rings is 1. The van der Waals surface area contributed by atoms with Crippen molar-refractivity contribution < 1.29 is 4.74 Å². The maximum absolute atomic E-state index is 5.66. The van der Waals surface area contributed by atoms with Gasteiger partial charge in [-0.1, -0.05) is 0 Å². The highest BCUT2D eigenvalue weighted by Crippen LogP contribution is 2.14. The van der Waals surface area contributed by atoms with E-state index in [0.717, 1.165) is 25.4 Å². The summed E-state index contributed by atoms with van der Waals surface area (Å²) in [5, 5.41) is 3.34. The molecular formula is C11H17ClN2O. The van der Waals surface area contributed by atoms with E-state index >= 15 is 0 Å². The van der Waals surface area contributed by atoms with E-state index in [1.54, 1.807) is 12.4 Å². The zero-order valence-electron chi connectivity index (χ0n) is 8.69. The third-order valence-corrected chi connectivity index (χ3v) is 2.58. The van der Waals surface area contributed by atoms with Gasteiger partial charge in [-0.15, -0.1) is 12.4 Å². The Balaban J connectivity index is 0.00000112. The van der Waals surface area contributed by atoms with Crippen molar-refractivity contribution >= 4 is 12.4 Å². The molecule has 4 heteroatoms. The molecule has 1 saturated heterocycles. The summed E-state index contributed by atoms with van der Waals surface area (Å²) in [7, 11) is 0. The number of rotatable bonds is 3. The smallest absolute Gasteiger partial charge is 0.137 e. The molecule has 1 aliphatic heterocycles. The second-order valence-corrected chi connectivity index (χ2v) is 3.69. The zero-order chi connectivity index (χ0) is 9.64. The van der Waals surface area contributed by atoms with E-state index in [2.05, 4.69) is 10.3 Å². The van der Waals surface area contributed by atoms with Crippen LogP contribution >= 0.6 is 12.4 Å². The summed E-state index contributed by atoms with van der Waals surface area (Å²) in [4.78, 5) is 4.01. The summed E-state index contributed by atoms with van der Waals surface area (Å²) in [5.41, 5.74) is 0. The van der Waals surface area contributed by atoms with Gasteiger partial charge in [0.25, 0.3) is 0 Å². The van der Waals surface area contributed by atoms with Crippen LogP contribution in [0.1, 0.15) is 12.8 Å². The van der Waals surface area contributed by atoms with Crippen molar-refractivity contribution in [1.29, 1.82) is 0 Å². The third-order valence-electron chi connectivity index (χ3n) is 2.58. The molecule has 0 radical (unpaired) electrons. The van der Waals surface area contributed by atoms with Crippen LogP contribution in [-0.2, 0) is 0 Å². The quantitative estimate of drug-likeness (QED) is 0.858. The number of nitrogens with one attached hydrogen (secondary N) is 1. The topological polar surface area (TPSA) is 34.1 Å². The molecule has 1 aliphatic rings. The fourth-order valence-corrected chi connectivity index (χ4v) is 1.69. The van der Waals surface area contributed by atoms with Gasteiger partial charge in [0, 0.05) is 6.20 Å². The van der Waals surface area contributed by atoms with Crippen LogP contribution < -0.4 is 10.1 Å². The van der Waals surface area contributed by atoms with Gasteiger partial charge in [0.15, 0.2) is 0 Å². The summed E-state index contributed by atoms with van der Waals surface area (Å²) < 4.78 is 5.66.